The van der Waals surface area contributed by atoms with Gasteiger partial charge in [0.2, 0.25) is 10.0 Å². The molecule has 0 aromatic carbocycles. The first kappa shape index (κ1) is 27.4. The van der Waals surface area contributed by atoms with E-state index in [1.54, 1.807) is 0 Å². The highest BCUT2D eigenvalue weighted by atomic mass is 32.2. The average Bonchev–Trinajstić information content (AvgIpc) is 3.55. The van der Waals surface area contributed by atoms with Crippen LogP contribution in [0.3, 0.4) is 0 Å². The lowest BCUT2D eigenvalue weighted by Crippen LogP contribution is -2.35. The SMILES string of the molecule is Cc1cnc(C(F)(F)F)c(-c2nc3c(cc2F)c([C@H](NS(=O)(=O)C2CC2)C(F)F)cn3CC(C)(C)C)c1. The van der Waals surface area contributed by atoms with Gasteiger partial charge in [-0.2, -0.15) is 13.2 Å². The number of hydrogen-bond donors (Lipinski definition) is 1. The van der Waals surface area contributed by atoms with E-state index in [1.807, 2.05) is 25.5 Å². The average molecular weight is 549 g/mol. The zero-order valence-electron chi connectivity index (χ0n) is 20.5. The van der Waals surface area contributed by atoms with Gasteiger partial charge >= 0.3 is 6.18 Å². The van der Waals surface area contributed by atoms with Crippen molar-refractivity contribution in [2.24, 2.45) is 5.41 Å². The number of alkyl halides is 5. The number of hydrogen-bond acceptors (Lipinski definition) is 4. The summed E-state index contributed by atoms with van der Waals surface area (Å²) in [6.07, 6.45) is -5.11. The molecule has 0 amide bonds. The lowest BCUT2D eigenvalue weighted by atomic mass is 9.97. The van der Waals surface area contributed by atoms with Gasteiger partial charge in [-0.15, -0.1) is 0 Å². The highest BCUT2D eigenvalue weighted by Crippen LogP contribution is 2.39. The van der Waals surface area contributed by atoms with Crippen molar-refractivity contribution in [3.63, 3.8) is 0 Å². The fourth-order valence-electron chi connectivity index (χ4n) is 4.16. The second-order valence-electron chi connectivity index (χ2n) is 10.5. The summed E-state index contributed by atoms with van der Waals surface area (Å²) < 4.78 is 113. The molecular weight excluding hydrogens is 522 g/mol. The summed E-state index contributed by atoms with van der Waals surface area (Å²) in [6, 6.07) is -0.0561. The lowest BCUT2D eigenvalue weighted by molar-refractivity contribution is -0.140. The van der Waals surface area contributed by atoms with Crippen LogP contribution >= 0.6 is 0 Å². The van der Waals surface area contributed by atoms with Crippen LogP contribution in [0.1, 0.15) is 56.5 Å². The number of aryl methyl sites for hydroxylation is 1. The summed E-state index contributed by atoms with van der Waals surface area (Å²) in [5.74, 6) is -1.18. The van der Waals surface area contributed by atoms with Crippen molar-refractivity contribution in [1.82, 2.24) is 19.3 Å². The Balaban J connectivity index is 1.96. The van der Waals surface area contributed by atoms with Crippen LogP contribution in [0, 0.1) is 18.2 Å². The van der Waals surface area contributed by atoms with Gasteiger partial charge in [-0.1, -0.05) is 20.8 Å². The molecule has 1 atom stereocenters. The smallest absolute Gasteiger partial charge is 0.332 e. The fraction of sp³-hybridized carbons (Fsp3) is 0.500. The van der Waals surface area contributed by atoms with E-state index in [0.29, 0.717) is 18.4 Å². The lowest BCUT2D eigenvalue weighted by Gasteiger charge is -2.20. The van der Waals surface area contributed by atoms with Crippen LogP contribution in [-0.2, 0) is 22.7 Å². The molecular formula is C24H26F6N4O2S. The highest BCUT2D eigenvalue weighted by molar-refractivity contribution is 7.90. The van der Waals surface area contributed by atoms with Crippen LogP contribution in [-0.4, -0.2) is 34.6 Å². The Kier molecular flexibility index (Phi) is 6.85. The van der Waals surface area contributed by atoms with Gasteiger partial charge in [0.1, 0.15) is 23.2 Å². The number of halogens is 6. The molecule has 37 heavy (non-hydrogen) atoms. The first-order valence-electron chi connectivity index (χ1n) is 11.5. The number of nitrogens with one attached hydrogen (secondary N) is 1. The Hall–Kier alpha value is -2.67. The zero-order valence-corrected chi connectivity index (χ0v) is 21.3. The molecule has 0 bridgehead atoms. The van der Waals surface area contributed by atoms with Crippen LogP contribution in [0.5, 0.6) is 0 Å². The van der Waals surface area contributed by atoms with E-state index >= 15 is 4.39 Å². The molecule has 0 radical (unpaired) electrons. The molecule has 202 valence electrons. The van der Waals surface area contributed by atoms with Crippen LogP contribution < -0.4 is 4.72 Å². The summed E-state index contributed by atoms with van der Waals surface area (Å²) in [7, 11) is -4.05. The van der Waals surface area contributed by atoms with Gasteiger partial charge in [0.15, 0.2) is 5.69 Å². The third-order valence-corrected chi connectivity index (χ3v) is 7.80. The Morgan fingerprint density at radius 3 is 2.35 bits per heavy atom. The van der Waals surface area contributed by atoms with Crippen molar-refractivity contribution < 1.29 is 34.8 Å². The molecule has 0 aliphatic heterocycles. The maximum absolute atomic E-state index is 15.4. The quantitative estimate of drug-likeness (QED) is 0.368. The molecule has 1 N–H and O–H groups in total. The van der Waals surface area contributed by atoms with Gasteiger partial charge in [0.25, 0.3) is 6.43 Å². The van der Waals surface area contributed by atoms with E-state index in [0.717, 1.165) is 18.3 Å². The normalized spacial score (nSPS) is 16.1. The number of nitrogens with zero attached hydrogens (tertiary/aromatic N) is 3. The predicted octanol–water partition coefficient (Wildman–Crippen LogP) is 6.00. The second kappa shape index (κ2) is 9.26. The molecule has 4 rings (SSSR count). The molecule has 13 heteroatoms. The fourth-order valence-corrected chi connectivity index (χ4v) is 5.69. The van der Waals surface area contributed by atoms with Gasteiger partial charge in [0, 0.05) is 35.5 Å². The Morgan fingerprint density at radius 2 is 1.81 bits per heavy atom. The minimum Gasteiger partial charge on any atom is -0.332 e. The molecule has 1 aliphatic carbocycles. The summed E-state index contributed by atoms with van der Waals surface area (Å²) in [5, 5.41) is -0.892. The maximum Gasteiger partial charge on any atom is 0.434 e. The van der Waals surface area contributed by atoms with Gasteiger partial charge in [-0.25, -0.2) is 31.3 Å². The third kappa shape index (κ3) is 5.77. The van der Waals surface area contributed by atoms with Gasteiger partial charge < -0.3 is 4.57 Å². The number of sulfonamides is 1. The molecule has 0 spiro atoms. The Morgan fingerprint density at radius 1 is 1.16 bits per heavy atom. The van der Waals surface area contributed by atoms with Crippen molar-refractivity contribution in [2.45, 2.75) is 71.0 Å². The maximum atomic E-state index is 15.4. The topological polar surface area (TPSA) is 76.9 Å². The van der Waals surface area contributed by atoms with Crippen LogP contribution in [0.15, 0.2) is 24.5 Å². The molecule has 1 fully saturated rings. The zero-order chi connectivity index (χ0) is 27.5. The highest BCUT2D eigenvalue weighted by Gasteiger charge is 2.41. The Labute approximate surface area is 210 Å². The number of pyridine rings is 2. The molecule has 6 nitrogen and oxygen atoms in total. The molecule has 0 unspecified atom stereocenters. The number of aromatic nitrogens is 3. The van der Waals surface area contributed by atoms with Crippen molar-refractivity contribution in [3.8, 4) is 11.3 Å². The minimum atomic E-state index is -4.90. The molecule has 1 saturated carbocycles. The van der Waals surface area contributed by atoms with E-state index in [-0.39, 0.29) is 23.1 Å². The first-order valence-corrected chi connectivity index (χ1v) is 13.1. The van der Waals surface area contributed by atoms with Crippen molar-refractivity contribution in [2.75, 3.05) is 0 Å². The summed E-state index contributed by atoms with van der Waals surface area (Å²) in [4.78, 5) is 7.61. The van der Waals surface area contributed by atoms with E-state index in [2.05, 4.69) is 9.97 Å². The summed E-state index contributed by atoms with van der Waals surface area (Å²) >= 11 is 0. The number of fused-ring (bicyclic) bond motifs is 1. The van der Waals surface area contributed by atoms with Crippen LogP contribution in [0.2, 0.25) is 0 Å². The number of rotatable bonds is 7. The van der Waals surface area contributed by atoms with Gasteiger partial charge in [-0.05, 0) is 42.9 Å². The predicted molar refractivity (Wildman–Crippen MR) is 126 cm³/mol. The second-order valence-corrected chi connectivity index (χ2v) is 12.5. The largest absolute Gasteiger partial charge is 0.434 e. The molecule has 3 aromatic heterocycles. The first-order chi connectivity index (χ1) is 17.0. The third-order valence-electron chi connectivity index (χ3n) is 5.87. The molecule has 0 saturated heterocycles. The monoisotopic (exact) mass is 548 g/mol. The standard InChI is InChI=1S/C24H26F6N4O2S/c1-12-7-15(20(31-9-12)24(28,29)30)18-17(25)8-14-16(10-34(22(14)32-18)11-23(2,3)4)19(21(26)27)33-37(35,36)13-5-6-13/h7-10,13,19,21,33H,5-6,11H2,1-4H3/t19-/m0/s1. The van der Waals surface area contributed by atoms with E-state index in [9.17, 15) is 30.4 Å². The molecule has 3 heterocycles. The van der Waals surface area contributed by atoms with Crippen molar-refractivity contribution in [1.29, 1.82) is 0 Å². The van der Waals surface area contributed by atoms with E-state index < -0.39 is 62.1 Å². The van der Waals surface area contributed by atoms with E-state index in [4.69, 9.17) is 0 Å². The van der Waals surface area contributed by atoms with Gasteiger partial charge in [-0.3, -0.25) is 4.98 Å². The van der Waals surface area contributed by atoms with Crippen molar-refractivity contribution in [3.05, 3.63) is 47.2 Å². The van der Waals surface area contributed by atoms with Crippen LogP contribution in [0.4, 0.5) is 26.3 Å². The molecule has 3 aromatic rings. The Bertz CT molecular complexity index is 1440. The summed E-state index contributed by atoms with van der Waals surface area (Å²) in [5.41, 5.74) is -2.92. The van der Waals surface area contributed by atoms with E-state index in [1.165, 1.54) is 17.7 Å². The van der Waals surface area contributed by atoms with Gasteiger partial charge in [0.05, 0.1) is 5.25 Å². The van der Waals surface area contributed by atoms with Crippen molar-refractivity contribution >= 4 is 21.1 Å². The molecule has 1 aliphatic rings. The minimum absolute atomic E-state index is 0.0489. The summed E-state index contributed by atoms with van der Waals surface area (Å²) in [6.45, 7) is 7.21. The van der Waals surface area contributed by atoms with Crippen LogP contribution in [0.25, 0.3) is 22.3 Å².